The molecule has 0 spiro atoms. The lowest BCUT2D eigenvalue weighted by Gasteiger charge is -2.30. The summed E-state index contributed by atoms with van der Waals surface area (Å²) in [4.78, 5) is 2.48. The van der Waals surface area contributed by atoms with Gasteiger partial charge in [0.25, 0.3) is 0 Å². The van der Waals surface area contributed by atoms with E-state index in [1.165, 1.54) is 0 Å². The Hall–Kier alpha value is -0.120. The van der Waals surface area contributed by atoms with Crippen LogP contribution >= 0.6 is 0 Å². The molecule has 2 atom stereocenters. The average Bonchev–Trinajstić information content (AvgIpc) is 2.23. The lowest BCUT2D eigenvalue weighted by atomic mass is 10.1. The fourth-order valence-electron chi connectivity index (χ4n) is 1.82. The third-order valence-electron chi connectivity index (χ3n) is 2.73. The van der Waals surface area contributed by atoms with Gasteiger partial charge in [0.15, 0.2) is 0 Å². The molecule has 0 radical (unpaired) electrons. The number of hydrogen-bond donors (Lipinski definition) is 1. The molecule has 1 N–H and O–H groups in total. The summed E-state index contributed by atoms with van der Waals surface area (Å²) in [6, 6.07) is 0.518. The van der Waals surface area contributed by atoms with E-state index in [-0.39, 0.29) is 0 Å². The fourth-order valence-corrected chi connectivity index (χ4v) is 1.82. The van der Waals surface area contributed by atoms with Crippen LogP contribution in [0.4, 0.5) is 0 Å². The topological polar surface area (TPSA) is 24.5 Å². The Kier molecular flexibility index (Phi) is 9.06. The Bertz CT molecular complexity index is 142. The molecule has 0 fully saturated rings. The highest BCUT2D eigenvalue weighted by atomic mass is 16.5. The van der Waals surface area contributed by atoms with Crippen molar-refractivity contribution in [1.29, 1.82) is 0 Å². The SMILES string of the molecule is CCNCC(C)CN(CC)C(C)COC. The van der Waals surface area contributed by atoms with E-state index in [2.05, 4.69) is 37.9 Å². The molecule has 0 heterocycles. The molecule has 0 aliphatic carbocycles. The number of rotatable bonds is 9. The van der Waals surface area contributed by atoms with Gasteiger partial charge in [-0.15, -0.1) is 0 Å². The first kappa shape index (κ1) is 14.9. The molecule has 0 aliphatic heterocycles. The Morgan fingerprint density at radius 3 is 2.40 bits per heavy atom. The highest BCUT2D eigenvalue weighted by molar-refractivity contribution is 4.69. The van der Waals surface area contributed by atoms with E-state index in [4.69, 9.17) is 4.74 Å². The van der Waals surface area contributed by atoms with Crippen molar-refractivity contribution in [2.24, 2.45) is 5.92 Å². The Morgan fingerprint density at radius 2 is 1.93 bits per heavy atom. The smallest absolute Gasteiger partial charge is 0.0615 e. The molecule has 0 aromatic carbocycles. The third kappa shape index (κ3) is 6.88. The minimum absolute atomic E-state index is 0.518. The van der Waals surface area contributed by atoms with E-state index in [0.29, 0.717) is 12.0 Å². The molecule has 0 aliphatic rings. The van der Waals surface area contributed by atoms with Crippen LogP contribution in [0.15, 0.2) is 0 Å². The van der Waals surface area contributed by atoms with Crippen LogP contribution in [-0.2, 0) is 4.74 Å². The first-order chi connectivity index (χ1) is 7.15. The standard InChI is InChI=1S/C12H28N2O/c1-6-13-8-11(3)9-14(7-2)12(4)10-15-5/h11-13H,6-10H2,1-5H3. The van der Waals surface area contributed by atoms with Crippen molar-refractivity contribution in [3.05, 3.63) is 0 Å². The van der Waals surface area contributed by atoms with Crippen LogP contribution in [0.5, 0.6) is 0 Å². The Balaban J connectivity index is 3.85. The van der Waals surface area contributed by atoms with Crippen LogP contribution in [0.1, 0.15) is 27.7 Å². The third-order valence-corrected chi connectivity index (χ3v) is 2.73. The van der Waals surface area contributed by atoms with E-state index in [0.717, 1.165) is 32.8 Å². The van der Waals surface area contributed by atoms with E-state index in [9.17, 15) is 0 Å². The molecule has 0 saturated carbocycles. The van der Waals surface area contributed by atoms with E-state index >= 15 is 0 Å². The number of hydrogen-bond acceptors (Lipinski definition) is 3. The lowest BCUT2D eigenvalue weighted by Crippen LogP contribution is -2.40. The predicted octanol–water partition coefficient (Wildman–Crippen LogP) is 1.59. The second-order valence-electron chi connectivity index (χ2n) is 4.30. The van der Waals surface area contributed by atoms with Gasteiger partial charge in [-0.05, 0) is 32.5 Å². The molecule has 92 valence electrons. The van der Waals surface area contributed by atoms with Crippen LogP contribution in [0.3, 0.4) is 0 Å². The maximum atomic E-state index is 5.19. The first-order valence-corrected chi connectivity index (χ1v) is 6.09. The molecule has 0 amide bonds. The van der Waals surface area contributed by atoms with Crippen molar-refractivity contribution in [3.63, 3.8) is 0 Å². The van der Waals surface area contributed by atoms with Crippen LogP contribution in [-0.4, -0.2) is 50.8 Å². The summed E-state index contributed by atoms with van der Waals surface area (Å²) in [5.74, 6) is 0.698. The largest absolute Gasteiger partial charge is 0.383 e. The van der Waals surface area contributed by atoms with E-state index in [1.807, 2.05) is 0 Å². The summed E-state index contributed by atoms with van der Waals surface area (Å²) in [5.41, 5.74) is 0. The minimum Gasteiger partial charge on any atom is -0.383 e. The fraction of sp³-hybridized carbons (Fsp3) is 1.00. The molecule has 0 saturated heterocycles. The zero-order chi connectivity index (χ0) is 11.7. The zero-order valence-electron chi connectivity index (χ0n) is 11.0. The van der Waals surface area contributed by atoms with Crippen molar-refractivity contribution in [2.45, 2.75) is 33.7 Å². The van der Waals surface area contributed by atoms with Crippen molar-refractivity contribution in [2.75, 3.05) is 39.9 Å². The normalized spacial score (nSPS) is 15.6. The molecule has 3 nitrogen and oxygen atoms in total. The van der Waals surface area contributed by atoms with Crippen molar-refractivity contribution >= 4 is 0 Å². The summed E-state index contributed by atoms with van der Waals surface area (Å²) in [6.07, 6.45) is 0. The van der Waals surface area contributed by atoms with Gasteiger partial charge in [0.2, 0.25) is 0 Å². The molecular formula is C12H28N2O. The molecular weight excluding hydrogens is 188 g/mol. The zero-order valence-corrected chi connectivity index (χ0v) is 11.0. The van der Waals surface area contributed by atoms with Gasteiger partial charge in [-0.2, -0.15) is 0 Å². The highest BCUT2D eigenvalue weighted by Crippen LogP contribution is 2.04. The predicted molar refractivity (Wildman–Crippen MR) is 66.3 cm³/mol. The number of likely N-dealkylation sites (N-methyl/N-ethyl adjacent to an activating group) is 1. The number of ether oxygens (including phenoxy) is 1. The summed E-state index contributed by atoms with van der Waals surface area (Å²) in [7, 11) is 1.77. The molecule has 0 bridgehead atoms. The van der Waals surface area contributed by atoms with Crippen LogP contribution in [0.25, 0.3) is 0 Å². The van der Waals surface area contributed by atoms with Crippen molar-refractivity contribution in [3.8, 4) is 0 Å². The summed E-state index contributed by atoms with van der Waals surface area (Å²) in [5, 5.41) is 3.39. The quantitative estimate of drug-likeness (QED) is 0.633. The van der Waals surface area contributed by atoms with Gasteiger partial charge in [-0.25, -0.2) is 0 Å². The van der Waals surface area contributed by atoms with Crippen molar-refractivity contribution in [1.82, 2.24) is 10.2 Å². The average molecular weight is 216 g/mol. The molecule has 0 aromatic rings. The molecule has 3 heteroatoms. The number of nitrogens with one attached hydrogen (secondary N) is 1. The van der Waals surface area contributed by atoms with Crippen molar-refractivity contribution < 1.29 is 4.74 Å². The monoisotopic (exact) mass is 216 g/mol. The summed E-state index contributed by atoms with van der Waals surface area (Å²) < 4.78 is 5.19. The van der Waals surface area contributed by atoms with Gasteiger partial charge in [0.1, 0.15) is 0 Å². The maximum Gasteiger partial charge on any atom is 0.0615 e. The maximum absolute atomic E-state index is 5.19. The van der Waals surface area contributed by atoms with Crippen LogP contribution < -0.4 is 5.32 Å². The number of methoxy groups -OCH3 is 1. The molecule has 0 rings (SSSR count). The van der Waals surface area contributed by atoms with Gasteiger partial charge >= 0.3 is 0 Å². The van der Waals surface area contributed by atoms with Crippen LogP contribution in [0.2, 0.25) is 0 Å². The van der Waals surface area contributed by atoms with Gasteiger partial charge in [-0.1, -0.05) is 20.8 Å². The van der Waals surface area contributed by atoms with Gasteiger partial charge in [0, 0.05) is 19.7 Å². The Morgan fingerprint density at radius 1 is 1.27 bits per heavy atom. The molecule has 0 aromatic heterocycles. The number of nitrogens with zero attached hydrogens (tertiary/aromatic N) is 1. The molecule has 2 unspecified atom stereocenters. The molecule has 15 heavy (non-hydrogen) atoms. The van der Waals surface area contributed by atoms with Gasteiger partial charge < -0.3 is 10.1 Å². The van der Waals surface area contributed by atoms with E-state index in [1.54, 1.807) is 7.11 Å². The van der Waals surface area contributed by atoms with Crippen LogP contribution in [0, 0.1) is 5.92 Å². The second kappa shape index (κ2) is 9.13. The first-order valence-electron chi connectivity index (χ1n) is 6.09. The minimum atomic E-state index is 0.518. The van der Waals surface area contributed by atoms with Gasteiger partial charge in [-0.3, -0.25) is 4.90 Å². The van der Waals surface area contributed by atoms with Gasteiger partial charge in [0.05, 0.1) is 6.61 Å². The Labute approximate surface area is 95.2 Å². The highest BCUT2D eigenvalue weighted by Gasteiger charge is 2.14. The second-order valence-corrected chi connectivity index (χ2v) is 4.30. The summed E-state index contributed by atoms with van der Waals surface area (Å²) in [6.45, 7) is 14.1. The lowest BCUT2D eigenvalue weighted by molar-refractivity contribution is 0.0932. The van der Waals surface area contributed by atoms with E-state index < -0.39 is 0 Å². The summed E-state index contributed by atoms with van der Waals surface area (Å²) >= 11 is 0.